The van der Waals surface area contributed by atoms with Crippen molar-refractivity contribution in [3.05, 3.63) is 22.7 Å². The Balaban J connectivity index is 1.90. The number of methoxy groups -OCH3 is 1. The number of benzene rings is 1. The zero-order valence-corrected chi connectivity index (χ0v) is 23.9. The van der Waals surface area contributed by atoms with Crippen LogP contribution < -0.4 is 10.2 Å². The van der Waals surface area contributed by atoms with Gasteiger partial charge in [0, 0.05) is 13.1 Å². The van der Waals surface area contributed by atoms with Crippen LogP contribution in [0.3, 0.4) is 0 Å². The zero-order chi connectivity index (χ0) is 27.7. The van der Waals surface area contributed by atoms with Gasteiger partial charge in [-0.25, -0.2) is 19.4 Å². The van der Waals surface area contributed by atoms with Crippen molar-refractivity contribution in [2.45, 2.75) is 85.2 Å². The topological polar surface area (TPSA) is 110 Å². The summed E-state index contributed by atoms with van der Waals surface area (Å²) in [5.41, 5.74) is 0.596. The lowest BCUT2D eigenvalue weighted by molar-refractivity contribution is 0.00563. The Morgan fingerprint density at radius 3 is 2.16 bits per heavy atom. The fourth-order valence-corrected chi connectivity index (χ4v) is 5.36. The number of anilines is 1. The van der Waals surface area contributed by atoms with Gasteiger partial charge >= 0.3 is 18.2 Å². The molecule has 1 aliphatic heterocycles. The van der Waals surface area contributed by atoms with Gasteiger partial charge < -0.3 is 24.4 Å². The molecule has 1 saturated heterocycles. The van der Waals surface area contributed by atoms with E-state index in [1.165, 1.54) is 18.4 Å². The number of esters is 1. The Morgan fingerprint density at radius 1 is 1.03 bits per heavy atom. The van der Waals surface area contributed by atoms with E-state index >= 15 is 0 Å². The van der Waals surface area contributed by atoms with Gasteiger partial charge in [-0.1, -0.05) is 0 Å². The van der Waals surface area contributed by atoms with Crippen LogP contribution in [0.25, 0.3) is 10.2 Å². The number of carbonyl (C=O) groups excluding carboxylic acids is 3. The minimum Gasteiger partial charge on any atom is -0.465 e. The molecular weight excluding hydrogens is 496 g/mol. The molecule has 1 aromatic heterocycles. The largest absolute Gasteiger partial charge is 0.465 e. The molecule has 2 atom stereocenters. The van der Waals surface area contributed by atoms with Gasteiger partial charge in [0.2, 0.25) is 0 Å². The van der Waals surface area contributed by atoms with E-state index in [-0.39, 0.29) is 24.7 Å². The number of thiazole rings is 1. The number of fused-ring (bicyclic) bond motifs is 1. The minimum atomic E-state index is -0.613. The first-order chi connectivity index (χ1) is 17.1. The van der Waals surface area contributed by atoms with E-state index in [1.54, 1.807) is 31.7 Å². The van der Waals surface area contributed by atoms with Crippen LogP contribution in [0.5, 0.6) is 0 Å². The third-order valence-corrected chi connectivity index (χ3v) is 6.70. The van der Waals surface area contributed by atoms with E-state index in [0.717, 1.165) is 10.4 Å². The molecule has 2 amide bonds. The highest BCUT2D eigenvalue weighted by atomic mass is 32.1. The van der Waals surface area contributed by atoms with Crippen molar-refractivity contribution < 1.29 is 28.6 Å². The lowest BCUT2D eigenvalue weighted by Gasteiger charge is -2.45. The lowest BCUT2D eigenvalue weighted by Crippen LogP contribution is -2.59. The van der Waals surface area contributed by atoms with Crippen LogP contribution in [0, 0.1) is 0 Å². The second kappa shape index (κ2) is 10.7. The van der Waals surface area contributed by atoms with Crippen molar-refractivity contribution in [2.75, 3.05) is 25.1 Å². The number of rotatable bonds is 4. The Morgan fingerprint density at radius 2 is 1.62 bits per heavy atom. The van der Waals surface area contributed by atoms with Crippen LogP contribution >= 0.6 is 11.3 Å². The second-order valence-corrected chi connectivity index (χ2v) is 12.3. The maximum Gasteiger partial charge on any atom is 0.410 e. The molecule has 0 aliphatic carbocycles. The lowest BCUT2D eigenvalue weighted by atomic mass is 10.1. The normalized spacial score (nSPS) is 18.5. The molecule has 1 fully saturated rings. The van der Waals surface area contributed by atoms with E-state index in [1.807, 2.05) is 40.7 Å². The quantitative estimate of drug-likeness (QED) is 0.434. The summed E-state index contributed by atoms with van der Waals surface area (Å²) in [6.07, 6.45) is -0.868. The Labute approximate surface area is 222 Å². The highest BCUT2D eigenvalue weighted by Gasteiger charge is 2.36. The van der Waals surface area contributed by atoms with E-state index in [0.29, 0.717) is 29.2 Å². The predicted octanol–water partition coefficient (Wildman–Crippen LogP) is 4.94. The maximum absolute atomic E-state index is 12.8. The van der Waals surface area contributed by atoms with Gasteiger partial charge in [0.05, 0.1) is 47.2 Å². The summed E-state index contributed by atoms with van der Waals surface area (Å²) >= 11 is 1.40. The summed E-state index contributed by atoms with van der Waals surface area (Å²) in [5, 5.41) is 3.36. The average molecular weight is 535 g/mol. The number of hydrogen-bond donors (Lipinski definition) is 1. The smallest absolute Gasteiger partial charge is 0.410 e. The molecule has 2 aromatic rings. The van der Waals surface area contributed by atoms with Crippen LogP contribution in [0.1, 0.15) is 70.8 Å². The number of carbonyl (C=O) groups is 3. The van der Waals surface area contributed by atoms with Crippen molar-refractivity contribution in [2.24, 2.45) is 0 Å². The van der Waals surface area contributed by atoms with Gasteiger partial charge in [-0.3, -0.25) is 4.90 Å². The number of nitrogens with zero attached hydrogens (tertiary/aromatic N) is 3. The number of aromatic nitrogens is 1. The molecule has 0 saturated carbocycles. The molecule has 0 radical (unpaired) electrons. The number of hydrogen-bond acceptors (Lipinski definition) is 9. The van der Waals surface area contributed by atoms with E-state index in [2.05, 4.69) is 15.2 Å². The minimum absolute atomic E-state index is 0.102. The van der Waals surface area contributed by atoms with Crippen LogP contribution in [-0.2, 0) is 20.8 Å². The molecule has 0 unspecified atom stereocenters. The summed E-state index contributed by atoms with van der Waals surface area (Å²) < 4.78 is 16.7. The van der Waals surface area contributed by atoms with Gasteiger partial charge in [0.15, 0.2) is 0 Å². The SMILES string of the molecule is COC(=O)c1ccc(N2C[C@H](C)N(C(=O)OC(C)(C)C)[C@@H](C)C2)c2sc(CNC(=O)OC(C)(C)C)nc12. The third kappa shape index (κ3) is 7.03. The molecular formula is C26H38N4O6S. The van der Waals surface area contributed by atoms with Crippen LogP contribution in [0.4, 0.5) is 15.3 Å². The molecule has 11 heteroatoms. The Kier molecular flexibility index (Phi) is 8.26. The second-order valence-electron chi connectivity index (χ2n) is 11.3. The summed E-state index contributed by atoms with van der Waals surface area (Å²) in [7, 11) is 1.33. The van der Waals surface area contributed by atoms with E-state index in [9.17, 15) is 14.4 Å². The summed E-state index contributed by atoms with van der Waals surface area (Å²) in [4.78, 5) is 46.1. The molecule has 2 heterocycles. The molecule has 204 valence electrons. The Bertz CT molecular complexity index is 1150. The van der Waals surface area contributed by atoms with Crippen LogP contribution in [0.2, 0.25) is 0 Å². The van der Waals surface area contributed by atoms with Crippen LogP contribution in [0.15, 0.2) is 12.1 Å². The van der Waals surface area contributed by atoms with E-state index in [4.69, 9.17) is 14.2 Å². The van der Waals surface area contributed by atoms with Crippen LogP contribution in [-0.4, -0.2) is 71.5 Å². The molecule has 1 N–H and O–H groups in total. The monoisotopic (exact) mass is 534 g/mol. The molecule has 1 aliphatic rings. The van der Waals surface area contributed by atoms with Crippen molar-refractivity contribution in [3.8, 4) is 0 Å². The number of ether oxygens (including phenoxy) is 3. The first-order valence-corrected chi connectivity index (χ1v) is 13.1. The molecule has 10 nitrogen and oxygen atoms in total. The molecule has 3 rings (SSSR count). The predicted molar refractivity (Wildman–Crippen MR) is 143 cm³/mol. The van der Waals surface area contributed by atoms with Crippen molar-refractivity contribution in [3.63, 3.8) is 0 Å². The average Bonchev–Trinajstić information content (AvgIpc) is 3.17. The van der Waals surface area contributed by atoms with Gasteiger partial charge in [-0.05, 0) is 67.5 Å². The molecule has 0 bridgehead atoms. The number of nitrogens with one attached hydrogen (secondary N) is 1. The van der Waals surface area contributed by atoms with Gasteiger partial charge in [-0.15, -0.1) is 11.3 Å². The number of piperazine rings is 1. The highest BCUT2D eigenvalue weighted by Crippen LogP contribution is 2.36. The van der Waals surface area contributed by atoms with Gasteiger partial charge in [-0.2, -0.15) is 0 Å². The summed E-state index contributed by atoms with van der Waals surface area (Å²) in [5.74, 6) is -0.481. The van der Waals surface area contributed by atoms with Gasteiger partial charge in [0.1, 0.15) is 16.2 Å². The van der Waals surface area contributed by atoms with E-state index < -0.39 is 23.3 Å². The summed E-state index contributed by atoms with van der Waals surface area (Å²) in [6.45, 7) is 16.3. The standard InChI is InChI=1S/C26H38N4O6S/c1-15-13-29(14-16(2)30(15)24(33)36-26(6,7)8)18-11-10-17(22(31)34-9)20-21(18)37-19(28-20)12-27-23(32)35-25(3,4)5/h10-11,15-16H,12-14H2,1-9H3,(H,27,32)/t15-,16-/m0/s1. The molecule has 1 aromatic carbocycles. The fourth-order valence-electron chi connectivity index (χ4n) is 4.29. The first-order valence-electron chi connectivity index (χ1n) is 12.3. The van der Waals surface area contributed by atoms with Crippen molar-refractivity contribution in [1.29, 1.82) is 0 Å². The third-order valence-electron chi connectivity index (χ3n) is 5.62. The summed E-state index contributed by atoms with van der Waals surface area (Å²) in [6, 6.07) is 3.40. The Hall–Kier alpha value is -3.08. The molecule has 37 heavy (non-hydrogen) atoms. The maximum atomic E-state index is 12.8. The number of alkyl carbamates (subject to hydrolysis) is 1. The number of amides is 2. The first kappa shape index (κ1) is 28.5. The molecule has 0 spiro atoms. The van der Waals surface area contributed by atoms with Crippen molar-refractivity contribution in [1.82, 2.24) is 15.2 Å². The fraction of sp³-hybridized carbons (Fsp3) is 0.615. The van der Waals surface area contributed by atoms with Gasteiger partial charge in [0.25, 0.3) is 0 Å². The van der Waals surface area contributed by atoms with Crippen molar-refractivity contribution >= 4 is 45.4 Å². The zero-order valence-electron chi connectivity index (χ0n) is 23.1. The highest BCUT2D eigenvalue weighted by molar-refractivity contribution is 7.19.